The van der Waals surface area contributed by atoms with Crippen LogP contribution in [0.15, 0.2) is 0 Å². The molecule has 0 aliphatic rings. The number of nitrogens with one attached hydrogen (secondary N) is 1. The van der Waals surface area contributed by atoms with Gasteiger partial charge < -0.3 is 10.5 Å². The lowest BCUT2D eigenvalue weighted by Gasteiger charge is -2.31. The molecule has 96 valence electrons. The van der Waals surface area contributed by atoms with Gasteiger partial charge in [0, 0.05) is 6.04 Å². The van der Waals surface area contributed by atoms with Gasteiger partial charge in [0.2, 0.25) is 5.91 Å². The number of nitrogens with two attached hydrogens (primary N) is 1. The second-order valence-corrected chi connectivity index (χ2v) is 5.26. The highest BCUT2D eigenvalue weighted by atomic mass is 16.5. The molecule has 2 unspecified atom stereocenters. The van der Waals surface area contributed by atoms with Crippen molar-refractivity contribution in [2.45, 2.75) is 59.2 Å². The smallest absolute Gasteiger partial charge is 0.239 e. The van der Waals surface area contributed by atoms with Gasteiger partial charge in [-0.2, -0.15) is 0 Å². The summed E-state index contributed by atoms with van der Waals surface area (Å²) in [5.74, 6) is 0.0494. The molecule has 1 amide bonds. The summed E-state index contributed by atoms with van der Waals surface area (Å²) in [5, 5.41) is 3.15. The van der Waals surface area contributed by atoms with E-state index in [1.165, 1.54) is 0 Å². The Morgan fingerprint density at radius 1 is 1.31 bits per heavy atom. The third-order valence-corrected chi connectivity index (χ3v) is 2.72. The van der Waals surface area contributed by atoms with Crippen LogP contribution >= 0.6 is 0 Å². The lowest BCUT2D eigenvalue weighted by molar-refractivity contribution is -0.128. The predicted octanol–water partition coefficient (Wildman–Crippen LogP) is 1.29. The van der Waals surface area contributed by atoms with Crippen LogP contribution in [0, 0.1) is 5.92 Å². The molecule has 0 radical (unpaired) electrons. The van der Waals surface area contributed by atoms with E-state index in [2.05, 4.69) is 19.2 Å². The molecule has 0 aliphatic carbocycles. The first-order valence-corrected chi connectivity index (χ1v) is 5.88. The third-order valence-electron chi connectivity index (χ3n) is 2.72. The van der Waals surface area contributed by atoms with Crippen molar-refractivity contribution in [2.75, 3.05) is 6.61 Å². The van der Waals surface area contributed by atoms with Crippen molar-refractivity contribution in [1.29, 1.82) is 0 Å². The number of primary amides is 1. The first kappa shape index (κ1) is 15.4. The van der Waals surface area contributed by atoms with Crippen LogP contribution in [0.3, 0.4) is 0 Å². The Bertz CT molecular complexity index is 229. The zero-order valence-electron chi connectivity index (χ0n) is 11.3. The maximum absolute atomic E-state index is 11.4. The second-order valence-electron chi connectivity index (χ2n) is 5.26. The van der Waals surface area contributed by atoms with Crippen molar-refractivity contribution in [1.82, 2.24) is 5.32 Å². The Labute approximate surface area is 98.9 Å². The molecule has 0 spiro atoms. The van der Waals surface area contributed by atoms with Gasteiger partial charge in [-0.15, -0.1) is 0 Å². The molecule has 0 heterocycles. The Balaban J connectivity index is 4.40. The molecule has 0 aromatic rings. The van der Waals surface area contributed by atoms with Gasteiger partial charge in [0.15, 0.2) is 0 Å². The van der Waals surface area contributed by atoms with E-state index in [-0.39, 0.29) is 18.1 Å². The van der Waals surface area contributed by atoms with Crippen LogP contribution in [0.5, 0.6) is 0 Å². The summed E-state index contributed by atoms with van der Waals surface area (Å²) in [4.78, 5) is 11.4. The van der Waals surface area contributed by atoms with Gasteiger partial charge in [-0.05, 0) is 33.6 Å². The van der Waals surface area contributed by atoms with Crippen LogP contribution in [-0.2, 0) is 9.53 Å². The van der Waals surface area contributed by atoms with Crippen molar-refractivity contribution < 1.29 is 9.53 Å². The highest BCUT2D eigenvalue weighted by Gasteiger charge is 2.32. The number of rotatable bonds is 7. The van der Waals surface area contributed by atoms with Crippen LogP contribution in [0.4, 0.5) is 0 Å². The number of carbonyl (C=O) groups excluding carboxylic acids is 1. The number of amides is 1. The van der Waals surface area contributed by atoms with E-state index in [4.69, 9.17) is 10.5 Å². The minimum atomic E-state index is -0.794. The first-order valence-electron chi connectivity index (χ1n) is 5.88. The van der Waals surface area contributed by atoms with Crippen LogP contribution in [0.25, 0.3) is 0 Å². The summed E-state index contributed by atoms with van der Waals surface area (Å²) in [6.45, 7) is 12.2. The first-order chi connectivity index (χ1) is 7.19. The van der Waals surface area contributed by atoms with Gasteiger partial charge in [-0.3, -0.25) is 10.1 Å². The van der Waals surface area contributed by atoms with Crippen molar-refractivity contribution >= 4 is 5.91 Å². The molecule has 16 heavy (non-hydrogen) atoms. The van der Waals surface area contributed by atoms with Crippen molar-refractivity contribution in [3.63, 3.8) is 0 Å². The largest absolute Gasteiger partial charge is 0.376 e. The topological polar surface area (TPSA) is 64.3 Å². The van der Waals surface area contributed by atoms with E-state index >= 15 is 0 Å². The molecular weight excluding hydrogens is 204 g/mol. The Kier molecular flexibility index (Phi) is 5.97. The summed E-state index contributed by atoms with van der Waals surface area (Å²) in [6.07, 6.45) is 0.118. The summed E-state index contributed by atoms with van der Waals surface area (Å²) in [6, 6.07) is 0.190. The number of ether oxygens (including phenoxy) is 1. The normalized spacial score (nSPS) is 17.5. The monoisotopic (exact) mass is 230 g/mol. The molecule has 0 saturated heterocycles. The third kappa shape index (κ3) is 4.94. The molecule has 2 atom stereocenters. The number of hydrogen-bond acceptors (Lipinski definition) is 3. The predicted molar refractivity (Wildman–Crippen MR) is 66.1 cm³/mol. The van der Waals surface area contributed by atoms with Gasteiger partial charge in [0.1, 0.15) is 5.54 Å². The Hall–Kier alpha value is -0.610. The van der Waals surface area contributed by atoms with Crippen LogP contribution in [-0.4, -0.2) is 30.2 Å². The maximum atomic E-state index is 11.4. The molecular formula is C12H26N2O2. The summed E-state index contributed by atoms with van der Waals surface area (Å²) in [7, 11) is 0. The molecule has 4 nitrogen and oxygen atoms in total. The van der Waals surface area contributed by atoms with Crippen molar-refractivity contribution in [3.8, 4) is 0 Å². The van der Waals surface area contributed by atoms with Gasteiger partial charge in [0.05, 0.1) is 12.7 Å². The van der Waals surface area contributed by atoms with E-state index in [9.17, 15) is 4.79 Å². The molecule has 0 aromatic carbocycles. The highest BCUT2D eigenvalue weighted by Crippen LogP contribution is 2.11. The lowest BCUT2D eigenvalue weighted by Crippen LogP contribution is -2.58. The number of hydrogen-bond donors (Lipinski definition) is 2. The molecule has 0 aliphatic heterocycles. The van der Waals surface area contributed by atoms with Crippen molar-refractivity contribution in [3.05, 3.63) is 0 Å². The average molecular weight is 230 g/mol. The molecule has 0 rings (SSSR count). The second kappa shape index (κ2) is 6.21. The summed E-state index contributed by atoms with van der Waals surface area (Å²) in [5.41, 5.74) is 4.61. The SMILES string of the molecule is CC(C)NC(C)(COC(C)C(C)C)C(N)=O. The Morgan fingerprint density at radius 3 is 2.12 bits per heavy atom. The molecule has 0 saturated carbocycles. The molecule has 0 aromatic heterocycles. The van der Waals surface area contributed by atoms with E-state index in [1.807, 2.05) is 20.8 Å². The van der Waals surface area contributed by atoms with E-state index in [1.54, 1.807) is 6.92 Å². The minimum absolute atomic E-state index is 0.118. The maximum Gasteiger partial charge on any atom is 0.239 e. The zero-order chi connectivity index (χ0) is 12.9. The fourth-order valence-corrected chi connectivity index (χ4v) is 1.31. The van der Waals surface area contributed by atoms with Crippen LogP contribution < -0.4 is 11.1 Å². The Morgan fingerprint density at radius 2 is 1.81 bits per heavy atom. The molecule has 0 bridgehead atoms. The standard InChI is InChI=1S/C12H26N2O2/c1-8(2)10(5)16-7-12(6,11(13)15)14-9(3)4/h8-10,14H,7H2,1-6H3,(H2,13,15). The summed E-state index contributed by atoms with van der Waals surface area (Å²) >= 11 is 0. The average Bonchev–Trinajstić information content (AvgIpc) is 2.12. The minimum Gasteiger partial charge on any atom is -0.376 e. The zero-order valence-corrected chi connectivity index (χ0v) is 11.3. The van der Waals surface area contributed by atoms with Crippen LogP contribution in [0.1, 0.15) is 41.5 Å². The number of carbonyl (C=O) groups is 1. The van der Waals surface area contributed by atoms with Crippen LogP contribution in [0.2, 0.25) is 0 Å². The van der Waals surface area contributed by atoms with Gasteiger partial charge in [-0.25, -0.2) is 0 Å². The fraction of sp³-hybridized carbons (Fsp3) is 0.917. The molecule has 0 fully saturated rings. The van der Waals surface area contributed by atoms with E-state index in [0.29, 0.717) is 12.5 Å². The quantitative estimate of drug-likeness (QED) is 0.692. The summed E-state index contributed by atoms with van der Waals surface area (Å²) < 4.78 is 5.67. The molecule has 4 heteroatoms. The van der Waals surface area contributed by atoms with E-state index in [0.717, 1.165) is 0 Å². The van der Waals surface area contributed by atoms with Gasteiger partial charge in [0.25, 0.3) is 0 Å². The fourth-order valence-electron chi connectivity index (χ4n) is 1.31. The van der Waals surface area contributed by atoms with Gasteiger partial charge >= 0.3 is 0 Å². The van der Waals surface area contributed by atoms with Gasteiger partial charge in [-0.1, -0.05) is 13.8 Å². The highest BCUT2D eigenvalue weighted by molar-refractivity contribution is 5.84. The van der Waals surface area contributed by atoms with Crippen molar-refractivity contribution in [2.24, 2.45) is 11.7 Å². The molecule has 3 N–H and O–H groups in total. The lowest BCUT2D eigenvalue weighted by atomic mass is 10.0. The van der Waals surface area contributed by atoms with E-state index < -0.39 is 5.54 Å².